The Balaban J connectivity index is 1.15. The zero-order valence-electron chi connectivity index (χ0n) is 22.1. The van der Waals surface area contributed by atoms with Gasteiger partial charge in [0.1, 0.15) is 12.4 Å². The summed E-state index contributed by atoms with van der Waals surface area (Å²) in [6.07, 6.45) is 0.663. The van der Waals surface area contributed by atoms with Gasteiger partial charge in [-0.2, -0.15) is 0 Å². The molecule has 10 nitrogen and oxygen atoms in total. The van der Waals surface area contributed by atoms with Crippen molar-refractivity contribution in [2.24, 2.45) is 5.41 Å². The molecule has 0 saturated carbocycles. The van der Waals surface area contributed by atoms with Crippen molar-refractivity contribution in [3.05, 3.63) is 83.2 Å². The second kappa shape index (κ2) is 10.9. The van der Waals surface area contributed by atoms with E-state index in [9.17, 15) is 9.59 Å². The van der Waals surface area contributed by atoms with Crippen molar-refractivity contribution in [3.63, 3.8) is 0 Å². The van der Waals surface area contributed by atoms with Crippen LogP contribution in [-0.2, 0) is 16.8 Å². The first-order chi connectivity index (χ1) is 18.7. The molecule has 2 aromatic carbocycles. The average molecular weight is 532 g/mol. The van der Waals surface area contributed by atoms with Crippen LogP contribution in [0.15, 0.2) is 60.8 Å². The van der Waals surface area contributed by atoms with Crippen LogP contribution >= 0.6 is 0 Å². The van der Waals surface area contributed by atoms with E-state index in [1.165, 1.54) is 0 Å². The SMILES string of the molecule is CC(C)(c1ccc(OCc2ccnc(N3CC4(COC4)C3)n2)cc1)c1ccc(C(=O)NCCNC(=O)O)cc1. The predicted octanol–water partition coefficient (Wildman–Crippen LogP) is 3.22. The second-order valence-electron chi connectivity index (χ2n) is 10.7. The molecule has 204 valence electrons. The summed E-state index contributed by atoms with van der Waals surface area (Å²) < 4.78 is 11.4. The van der Waals surface area contributed by atoms with Crippen LogP contribution in [0.3, 0.4) is 0 Å². The molecule has 3 aromatic rings. The van der Waals surface area contributed by atoms with Gasteiger partial charge in [-0.3, -0.25) is 4.79 Å². The van der Waals surface area contributed by atoms with Gasteiger partial charge in [0.05, 0.1) is 24.3 Å². The van der Waals surface area contributed by atoms with Crippen molar-refractivity contribution in [2.75, 3.05) is 44.3 Å². The minimum Gasteiger partial charge on any atom is -0.487 e. The van der Waals surface area contributed by atoms with Gasteiger partial charge in [-0.1, -0.05) is 38.1 Å². The van der Waals surface area contributed by atoms with Crippen molar-refractivity contribution >= 4 is 17.9 Å². The summed E-state index contributed by atoms with van der Waals surface area (Å²) >= 11 is 0. The molecule has 1 spiro atoms. The van der Waals surface area contributed by atoms with Crippen molar-refractivity contribution in [3.8, 4) is 5.75 Å². The van der Waals surface area contributed by atoms with Crippen molar-refractivity contribution in [1.82, 2.24) is 20.6 Å². The summed E-state index contributed by atoms with van der Waals surface area (Å²) in [7, 11) is 0. The third-order valence-corrected chi connectivity index (χ3v) is 7.37. The number of carboxylic acid groups (broad SMARTS) is 1. The first-order valence-corrected chi connectivity index (χ1v) is 13.0. The molecule has 2 aliphatic heterocycles. The lowest BCUT2D eigenvalue weighted by Crippen LogP contribution is -2.66. The highest BCUT2D eigenvalue weighted by molar-refractivity contribution is 5.94. The molecule has 3 N–H and O–H groups in total. The lowest BCUT2D eigenvalue weighted by atomic mass is 9.78. The summed E-state index contributed by atoms with van der Waals surface area (Å²) in [6, 6.07) is 17.4. The van der Waals surface area contributed by atoms with Gasteiger partial charge in [-0.25, -0.2) is 14.8 Å². The van der Waals surface area contributed by atoms with Gasteiger partial charge < -0.3 is 30.1 Å². The van der Waals surface area contributed by atoms with E-state index in [0.717, 1.165) is 54.8 Å². The summed E-state index contributed by atoms with van der Waals surface area (Å²) in [5, 5.41) is 13.5. The normalized spacial score (nSPS) is 15.7. The van der Waals surface area contributed by atoms with E-state index >= 15 is 0 Å². The number of carbonyl (C=O) groups excluding carboxylic acids is 1. The maximum absolute atomic E-state index is 12.3. The number of nitrogens with zero attached hydrogens (tertiary/aromatic N) is 3. The molecule has 5 rings (SSSR count). The molecule has 0 unspecified atom stereocenters. The number of nitrogens with one attached hydrogen (secondary N) is 2. The molecule has 2 saturated heterocycles. The highest BCUT2D eigenvalue weighted by Crippen LogP contribution is 2.39. The van der Waals surface area contributed by atoms with Crippen LogP contribution in [0.2, 0.25) is 0 Å². The predicted molar refractivity (Wildman–Crippen MR) is 145 cm³/mol. The third kappa shape index (κ3) is 5.96. The molecular weight excluding hydrogens is 498 g/mol. The Morgan fingerprint density at radius 3 is 2.26 bits per heavy atom. The van der Waals surface area contributed by atoms with Gasteiger partial charge in [0.15, 0.2) is 0 Å². The largest absolute Gasteiger partial charge is 0.487 e. The number of amides is 2. The summed E-state index contributed by atoms with van der Waals surface area (Å²) in [4.78, 5) is 34.1. The Labute approximate surface area is 227 Å². The third-order valence-electron chi connectivity index (χ3n) is 7.37. The Morgan fingerprint density at radius 2 is 1.64 bits per heavy atom. The zero-order chi connectivity index (χ0) is 27.5. The Kier molecular flexibility index (Phi) is 7.38. The Hall–Kier alpha value is -4.18. The smallest absolute Gasteiger partial charge is 0.404 e. The Morgan fingerprint density at radius 1 is 1.00 bits per heavy atom. The van der Waals surface area contributed by atoms with Crippen LogP contribution in [0.1, 0.15) is 41.0 Å². The van der Waals surface area contributed by atoms with E-state index < -0.39 is 6.09 Å². The van der Waals surface area contributed by atoms with E-state index in [4.69, 9.17) is 14.6 Å². The van der Waals surface area contributed by atoms with Gasteiger partial charge in [-0.15, -0.1) is 0 Å². The lowest BCUT2D eigenvalue weighted by Gasteiger charge is -2.54. The summed E-state index contributed by atoms with van der Waals surface area (Å²) in [5.41, 5.74) is 3.55. The summed E-state index contributed by atoms with van der Waals surface area (Å²) in [5.74, 6) is 1.25. The second-order valence-corrected chi connectivity index (χ2v) is 10.7. The minimum atomic E-state index is -1.12. The first kappa shape index (κ1) is 26.4. The number of anilines is 1. The molecule has 2 aliphatic rings. The first-order valence-electron chi connectivity index (χ1n) is 13.0. The topological polar surface area (TPSA) is 126 Å². The number of ether oxygens (including phenoxy) is 2. The summed E-state index contributed by atoms with van der Waals surface area (Å²) in [6.45, 7) is 8.54. The van der Waals surface area contributed by atoms with Crippen molar-refractivity contribution < 1.29 is 24.2 Å². The minimum absolute atomic E-state index is 0.154. The van der Waals surface area contributed by atoms with Crippen molar-refractivity contribution in [1.29, 1.82) is 0 Å². The molecule has 2 amide bonds. The van der Waals surface area contributed by atoms with Gasteiger partial charge in [-0.05, 0) is 41.5 Å². The highest BCUT2D eigenvalue weighted by Gasteiger charge is 2.49. The quantitative estimate of drug-likeness (QED) is 0.341. The number of benzene rings is 2. The molecule has 0 radical (unpaired) electrons. The number of rotatable bonds is 10. The van der Waals surface area contributed by atoms with Gasteiger partial charge >= 0.3 is 6.09 Å². The lowest BCUT2D eigenvalue weighted by molar-refractivity contribution is -0.127. The van der Waals surface area contributed by atoms with Crippen LogP contribution in [0.25, 0.3) is 0 Å². The monoisotopic (exact) mass is 531 g/mol. The molecule has 2 fully saturated rings. The fourth-order valence-electron chi connectivity index (χ4n) is 4.87. The number of hydrogen-bond donors (Lipinski definition) is 3. The van der Waals surface area contributed by atoms with Crippen LogP contribution < -0.4 is 20.3 Å². The van der Waals surface area contributed by atoms with E-state index in [1.807, 2.05) is 30.3 Å². The number of carbonyl (C=O) groups is 2. The van der Waals surface area contributed by atoms with E-state index in [1.54, 1.807) is 18.3 Å². The van der Waals surface area contributed by atoms with Gasteiger partial charge in [0.25, 0.3) is 5.91 Å². The molecule has 0 atom stereocenters. The van der Waals surface area contributed by atoms with Crippen LogP contribution in [0.4, 0.5) is 10.7 Å². The Bertz CT molecular complexity index is 1310. The van der Waals surface area contributed by atoms with E-state index in [2.05, 4.69) is 51.5 Å². The fourth-order valence-corrected chi connectivity index (χ4v) is 4.87. The van der Waals surface area contributed by atoms with E-state index in [0.29, 0.717) is 17.6 Å². The molecule has 10 heteroatoms. The molecule has 0 bridgehead atoms. The van der Waals surface area contributed by atoms with E-state index in [-0.39, 0.29) is 24.4 Å². The maximum atomic E-state index is 12.3. The number of aromatic nitrogens is 2. The standard InChI is InChI=1S/C29H33N5O5/c1-28(2,21-5-3-20(4-6-21)25(35)30-13-14-32-27(36)37)22-7-9-24(10-8-22)39-15-23-11-12-31-26(33-23)34-16-29(17-34)18-38-19-29/h3-12,32H,13-19H2,1-2H3,(H,30,35)(H,36,37). The van der Waals surface area contributed by atoms with Crippen LogP contribution in [-0.4, -0.2) is 66.5 Å². The fraction of sp³-hybridized carbons (Fsp3) is 0.379. The molecule has 1 aromatic heterocycles. The van der Waals surface area contributed by atoms with Crippen molar-refractivity contribution in [2.45, 2.75) is 25.9 Å². The maximum Gasteiger partial charge on any atom is 0.404 e. The zero-order valence-corrected chi connectivity index (χ0v) is 22.1. The van der Waals surface area contributed by atoms with Gasteiger partial charge in [0.2, 0.25) is 5.95 Å². The van der Waals surface area contributed by atoms with Gasteiger partial charge in [0, 0.05) is 43.4 Å². The highest BCUT2D eigenvalue weighted by atomic mass is 16.5. The van der Waals surface area contributed by atoms with Crippen LogP contribution in [0.5, 0.6) is 5.75 Å². The average Bonchev–Trinajstić information content (AvgIpc) is 2.89. The van der Waals surface area contributed by atoms with Crippen LogP contribution in [0, 0.1) is 5.41 Å². The molecule has 0 aliphatic carbocycles. The molecular formula is C29H33N5O5. The number of hydrogen-bond acceptors (Lipinski definition) is 7. The molecule has 3 heterocycles. The molecule has 39 heavy (non-hydrogen) atoms.